The first kappa shape index (κ1) is 11.5. The molecule has 0 bridgehead atoms. The van der Waals surface area contributed by atoms with Gasteiger partial charge in [0, 0.05) is 12.1 Å². The summed E-state index contributed by atoms with van der Waals surface area (Å²) < 4.78 is 0. The highest BCUT2D eigenvalue weighted by Crippen LogP contribution is 2.29. The molecule has 0 aromatic heterocycles. The molecule has 0 amide bonds. The minimum atomic E-state index is 0.164. The van der Waals surface area contributed by atoms with Crippen LogP contribution in [0.25, 0.3) is 0 Å². The zero-order valence-electron chi connectivity index (χ0n) is 9.59. The lowest BCUT2D eigenvalue weighted by Gasteiger charge is -2.34. The van der Waals surface area contributed by atoms with Crippen LogP contribution in [-0.2, 0) is 0 Å². The van der Waals surface area contributed by atoms with E-state index in [1.165, 1.54) is 19.3 Å². The summed E-state index contributed by atoms with van der Waals surface area (Å²) in [6, 6.07) is 1.39. The van der Waals surface area contributed by atoms with E-state index in [1.807, 2.05) is 0 Å². The Kier molecular flexibility index (Phi) is 3.93. The van der Waals surface area contributed by atoms with Crippen molar-refractivity contribution in [1.29, 1.82) is 5.41 Å². The minimum Gasteiger partial charge on any atom is -0.386 e. The number of nitrogens with zero attached hydrogens (tertiary/aromatic N) is 1. The van der Waals surface area contributed by atoms with Crippen molar-refractivity contribution in [2.24, 2.45) is 5.73 Å². The monoisotopic (exact) mass is 197 g/mol. The Labute approximate surface area is 87.2 Å². The molecular weight excluding hydrogens is 174 g/mol. The van der Waals surface area contributed by atoms with Gasteiger partial charge in [-0.05, 0) is 32.6 Å². The van der Waals surface area contributed by atoms with Crippen LogP contribution in [0, 0.1) is 5.41 Å². The lowest BCUT2D eigenvalue weighted by atomic mass is 10.1. The Morgan fingerprint density at radius 3 is 2.57 bits per heavy atom. The van der Waals surface area contributed by atoms with Crippen LogP contribution in [-0.4, -0.2) is 28.9 Å². The number of hydrogen-bond donors (Lipinski definition) is 2. The van der Waals surface area contributed by atoms with Crippen molar-refractivity contribution in [3.8, 4) is 0 Å². The second-order valence-electron chi connectivity index (χ2n) is 4.32. The number of rotatable bonds is 4. The third-order valence-electron chi connectivity index (χ3n) is 3.43. The zero-order chi connectivity index (χ0) is 10.7. The van der Waals surface area contributed by atoms with Crippen molar-refractivity contribution in [2.45, 2.75) is 64.6 Å². The van der Waals surface area contributed by atoms with Gasteiger partial charge in [-0.3, -0.25) is 10.3 Å². The van der Waals surface area contributed by atoms with Gasteiger partial charge in [0.05, 0.1) is 6.04 Å². The fourth-order valence-electron chi connectivity index (χ4n) is 2.66. The molecule has 3 heteroatoms. The lowest BCUT2D eigenvalue weighted by molar-refractivity contribution is 0.166. The van der Waals surface area contributed by atoms with Crippen molar-refractivity contribution in [2.75, 3.05) is 0 Å². The lowest BCUT2D eigenvalue weighted by Crippen LogP contribution is -2.49. The van der Waals surface area contributed by atoms with E-state index in [-0.39, 0.29) is 6.04 Å². The SMILES string of the molecule is CCC1CCC(C)N1C(CC)C(=N)N. The number of nitrogens with two attached hydrogens (primary N) is 1. The second kappa shape index (κ2) is 4.78. The molecule has 3 atom stereocenters. The van der Waals surface area contributed by atoms with Gasteiger partial charge in [-0.2, -0.15) is 0 Å². The van der Waals surface area contributed by atoms with Crippen LogP contribution in [0.3, 0.4) is 0 Å². The van der Waals surface area contributed by atoms with E-state index >= 15 is 0 Å². The summed E-state index contributed by atoms with van der Waals surface area (Å²) in [7, 11) is 0. The van der Waals surface area contributed by atoms with Gasteiger partial charge in [0.15, 0.2) is 0 Å². The smallest absolute Gasteiger partial charge is 0.108 e. The molecule has 1 heterocycles. The predicted molar refractivity (Wildman–Crippen MR) is 60.6 cm³/mol. The Hall–Kier alpha value is -0.570. The van der Waals surface area contributed by atoms with E-state index in [0.29, 0.717) is 17.9 Å². The molecule has 0 spiro atoms. The Morgan fingerprint density at radius 1 is 1.50 bits per heavy atom. The normalized spacial score (nSPS) is 30.5. The zero-order valence-corrected chi connectivity index (χ0v) is 9.59. The minimum absolute atomic E-state index is 0.164. The van der Waals surface area contributed by atoms with E-state index in [4.69, 9.17) is 11.1 Å². The second-order valence-corrected chi connectivity index (χ2v) is 4.32. The fourth-order valence-corrected chi connectivity index (χ4v) is 2.66. The first-order valence-electron chi connectivity index (χ1n) is 5.73. The van der Waals surface area contributed by atoms with Gasteiger partial charge in [0.25, 0.3) is 0 Å². The van der Waals surface area contributed by atoms with E-state index < -0.39 is 0 Å². The van der Waals surface area contributed by atoms with Gasteiger partial charge >= 0.3 is 0 Å². The highest BCUT2D eigenvalue weighted by molar-refractivity contribution is 5.82. The molecule has 3 N–H and O–H groups in total. The van der Waals surface area contributed by atoms with Gasteiger partial charge in [-0.1, -0.05) is 13.8 Å². The molecule has 1 fully saturated rings. The van der Waals surface area contributed by atoms with Crippen LogP contribution in [0.4, 0.5) is 0 Å². The third kappa shape index (κ3) is 2.08. The van der Waals surface area contributed by atoms with Crippen LogP contribution >= 0.6 is 0 Å². The standard InChI is InChI=1S/C11H23N3/c1-4-9-7-6-8(3)14(9)10(5-2)11(12)13/h8-10H,4-7H2,1-3H3,(H3,12,13). The molecule has 0 aromatic rings. The molecule has 82 valence electrons. The van der Waals surface area contributed by atoms with Gasteiger partial charge in [0.2, 0.25) is 0 Å². The largest absolute Gasteiger partial charge is 0.386 e. The summed E-state index contributed by atoms with van der Waals surface area (Å²) in [6.07, 6.45) is 4.65. The first-order chi connectivity index (χ1) is 6.61. The van der Waals surface area contributed by atoms with Crippen LogP contribution < -0.4 is 5.73 Å². The maximum Gasteiger partial charge on any atom is 0.108 e. The third-order valence-corrected chi connectivity index (χ3v) is 3.43. The summed E-state index contributed by atoms with van der Waals surface area (Å²) in [6.45, 7) is 6.59. The molecular formula is C11H23N3. The predicted octanol–water partition coefficient (Wildman–Crippen LogP) is 1.96. The number of hydrogen-bond acceptors (Lipinski definition) is 2. The summed E-state index contributed by atoms with van der Waals surface area (Å²) in [5.41, 5.74) is 5.65. The fraction of sp³-hybridized carbons (Fsp3) is 0.909. The summed E-state index contributed by atoms with van der Waals surface area (Å²) >= 11 is 0. The summed E-state index contributed by atoms with van der Waals surface area (Å²) in [5, 5.41) is 7.61. The summed E-state index contributed by atoms with van der Waals surface area (Å²) in [4.78, 5) is 2.45. The molecule has 0 radical (unpaired) electrons. The van der Waals surface area contributed by atoms with E-state index in [1.54, 1.807) is 0 Å². The molecule has 0 aliphatic carbocycles. The van der Waals surface area contributed by atoms with Crippen LogP contribution in [0.1, 0.15) is 46.5 Å². The van der Waals surface area contributed by atoms with Crippen molar-refractivity contribution >= 4 is 5.84 Å². The molecule has 14 heavy (non-hydrogen) atoms. The quantitative estimate of drug-likeness (QED) is 0.535. The average molecular weight is 197 g/mol. The van der Waals surface area contributed by atoms with Crippen LogP contribution in [0.5, 0.6) is 0 Å². The van der Waals surface area contributed by atoms with Crippen LogP contribution in [0.15, 0.2) is 0 Å². The van der Waals surface area contributed by atoms with Crippen molar-refractivity contribution < 1.29 is 0 Å². The van der Waals surface area contributed by atoms with E-state index in [9.17, 15) is 0 Å². The first-order valence-corrected chi connectivity index (χ1v) is 5.73. The highest BCUT2D eigenvalue weighted by atomic mass is 15.2. The van der Waals surface area contributed by atoms with Gasteiger partial charge < -0.3 is 5.73 Å². The van der Waals surface area contributed by atoms with E-state index in [2.05, 4.69) is 25.7 Å². The maximum atomic E-state index is 7.61. The van der Waals surface area contributed by atoms with Crippen molar-refractivity contribution in [1.82, 2.24) is 4.90 Å². The molecule has 0 aromatic carbocycles. The number of nitrogens with one attached hydrogen (secondary N) is 1. The molecule has 0 saturated carbocycles. The van der Waals surface area contributed by atoms with Gasteiger partial charge in [-0.25, -0.2) is 0 Å². The van der Waals surface area contributed by atoms with Gasteiger partial charge in [0.1, 0.15) is 5.84 Å². The number of amidine groups is 1. The molecule has 1 rings (SSSR count). The van der Waals surface area contributed by atoms with Gasteiger partial charge in [-0.15, -0.1) is 0 Å². The molecule has 1 aliphatic heterocycles. The van der Waals surface area contributed by atoms with E-state index in [0.717, 1.165) is 6.42 Å². The van der Waals surface area contributed by atoms with Crippen molar-refractivity contribution in [3.05, 3.63) is 0 Å². The molecule has 3 nitrogen and oxygen atoms in total. The Balaban J connectivity index is 2.75. The van der Waals surface area contributed by atoms with Crippen molar-refractivity contribution in [3.63, 3.8) is 0 Å². The molecule has 3 unspecified atom stereocenters. The molecule has 1 saturated heterocycles. The number of likely N-dealkylation sites (tertiary alicyclic amines) is 1. The topological polar surface area (TPSA) is 53.1 Å². The Morgan fingerprint density at radius 2 is 2.14 bits per heavy atom. The van der Waals surface area contributed by atoms with Crippen LogP contribution in [0.2, 0.25) is 0 Å². The highest BCUT2D eigenvalue weighted by Gasteiger charge is 2.34. The molecule has 1 aliphatic rings. The summed E-state index contributed by atoms with van der Waals surface area (Å²) in [5.74, 6) is 0.333. The average Bonchev–Trinajstić information content (AvgIpc) is 2.49. The maximum absolute atomic E-state index is 7.61. The Bertz CT molecular complexity index is 203.